The molecule has 0 saturated carbocycles. The molecule has 2 heterocycles. The van der Waals surface area contributed by atoms with E-state index in [2.05, 4.69) is 15.6 Å². The number of benzene rings is 1. The van der Waals surface area contributed by atoms with Crippen molar-refractivity contribution < 1.29 is 17.5 Å². The lowest BCUT2D eigenvalue weighted by Crippen LogP contribution is -2.40. The number of aliphatic imine (C=N–C) groups is 1. The van der Waals surface area contributed by atoms with Gasteiger partial charge in [-0.1, -0.05) is 12.1 Å². The zero-order valence-electron chi connectivity index (χ0n) is 16.6. The number of guanidine groups is 1. The topological polar surface area (TPSA) is 83.0 Å². The minimum atomic E-state index is -3.47. The summed E-state index contributed by atoms with van der Waals surface area (Å²) in [5, 5.41) is 6.36. The first-order valence-electron chi connectivity index (χ1n) is 9.42. The molecular formula is C19H26FIN4O3S2. The minimum Gasteiger partial charge on any atom is -0.379 e. The van der Waals surface area contributed by atoms with Crippen molar-refractivity contribution >= 4 is 51.3 Å². The van der Waals surface area contributed by atoms with E-state index in [0.717, 1.165) is 10.4 Å². The summed E-state index contributed by atoms with van der Waals surface area (Å²) in [5.41, 5.74) is 0.901. The van der Waals surface area contributed by atoms with E-state index >= 15 is 0 Å². The van der Waals surface area contributed by atoms with Crippen molar-refractivity contribution in [3.05, 3.63) is 52.7 Å². The van der Waals surface area contributed by atoms with Crippen LogP contribution in [0.25, 0.3) is 0 Å². The molecule has 2 N–H and O–H groups in total. The minimum absolute atomic E-state index is 0. The molecule has 166 valence electrons. The van der Waals surface area contributed by atoms with Crippen LogP contribution in [0.4, 0.5) is 4.39 Å². The van der Waals surface area contributed by atoms with Crippen LogP contribution >= 0.6 is 35.3 Å². The van der Waals surface area contributed by atoms with Crippen LogP contribution in [0.2, 0.25) is 0 Å². The predicted octanol–water partition coefficient (Wildman–Crippen LogP) is 2.78. The molecule has 0 unspecified atom stereocenters. The number of hydrogen-bond acceptors (Lipinski definition) is 5. The molecule has 7 nitrogen and oxygen atoms in total. The lowest BCUT2D eigenvalue weighted by atomic mass is 10.2. The van der Waals surface area contributed by atoms with Gasteiger partial charge in [-0.2, -0.15) is 4.31 Å². The lowest BCUT2D eigenvalue weighted by Gasteiger charge is -2.25. The highest BCUT2D eigenvalue weighted by Gasteiger charge is 2.27. The molecule has 0 amide bonds. The molecule has 0 spiro atoms. The largest absolute Gasteiger partial charge is 0.379 e. The van der Waals surface area contributed by atoms with E-state index in [0.29, 0.717) is 56.1 Å². The van der Waals surface area contributed by atoms with Crippen molar-refractivity contribution in [3.63, 3.8) is 0 Å². The summed E-state index contributed by atoms with van der Waals surface area (Å²) in [7, 11) is -3.47. The number of nitrogens with zero attached hydrogens (tertiary/aromatic N) is 2. The molecule has 11 heteroatoms. The Labute approximate surface area is 197 Å². The van der Waals surface area contributed by atoms with E-state index in [1.165, 1.54) is 27.8 Å². The fraction of sp³-hybridized carbons (Fsp3) is 0.421. The Morgan fingerprint density at radius 2 is 1.87 bits per heavy atom. The molecule has 0 atom stereocenters. The van der Waals surface area contributed by atoms with Gasteiger partial charge in [-0.25, -0.2) is 17.8 Å². The van der Waals surface area contributed by atoms with Crippen LogP contribution in [-0.4, -0.2) is 51.5 Å². The van der Waals surface area contributed by atoms with Gasteiger partial charge in [0.25, 0.3) is 10.0 Å². The first kappa shape index (κ1) is 25.0. The van der Waals surface area contributed by atoms with Crippen molar-refractivity contribution in [2.45, 2.75) is 24.2 Å². The third kappa shape index (κ3) is 6.87. The highest BCUT2D eigenvalue weighted by Crippen LogP contribution is 2.25. The Morgan fingerprint density at radius 1 is 1.17 bits per heavy atom. The maximum absolute atomic E-state index is 13.0. The average molecular weight is 568 g/mol. The summed E-state index contributed by atoms with van der Waals surface area (Å²) in [6.07, 6.45) is 0. The summed E-state index contributed by atoms with van der Waals surface area (Å²) in [6, 6.07) is 9.68. The molecular weight excluding hydrogens is 542 g/mol. The molecule has 0 aliphatic carbocycles. The van der Waals surface area contributed by atoms with Gasteiger partial charge in [0.15, 0.2) is 5.96 Å². The highest BCUT2D eigenvalue weighted by atomic mass is 127. The van der Waals surface area contributed by atoms with Crippen LogP contribution in [0, 0.1) is 5.82 Å². The average Bonchev–Trinajstić information content (AvgIpc) is 3.22. The monoisotopic (exact) mass is 568 g/mol. The lowest BCUT2D eigenvalue weighted by molar-refractivity contribution is 0.0731. The van der Waals surface area contributed by atoms with E-state index in [1.807, 2.05) is 13.0 Å². The Morgan fingerprint density at radius 3 is 2.53 bits per heavy atom. The van der Waals surface area contributed by atoms with Crippen molar-refractivity contribution in [2.24, 2.45) is 4.99 Å². The third-order valence-electron chi connectivity index (χ3n) is 4.31. The van der Waals surface area contributed by atoms with Crippen molar-refractivity contribution in [3.8, 4) is 0 Å². The molecule has 1 aliphatic heterocycles. The van der Waals surface area contributed by atoms with E-state index in [4.69, 9.17) is 4.74 Å². The number of ether oxygens (including phenoxy) is 1. The van der Waals surface area contributed by atoms with Crippen LogP contribution in [0.1, 0.15) is 17.4 Å². The second-order valence-corrected chi connectivity index (χ2v) is 9.75. The predicted molar refractivity (Wildman–Crippen MR) is 127 cm³/mol. The maximum Gasteiger partial charge on any atom is 0.252 e. The first-order chi connectivity index (χ1) is 14.0. The van der Waals surface area contributed by atoms with Gasteiger partial charge in [0, 0.05) is 24.5 Å². The van der Waals surface area contributed by atoms with Crippen molar-refractivity contribution in [1.82, 2.24) is 14.9 Å². The van der Waals surface area contributed by atoms with Gasteiger partial charge < -0.3 is 15.4 Å². The van der Waals surface area contributed by atoms with Crippen LogP contribution in [-0.2, 0) is 27.8 Å². The van der Waals surface area contributed by atoms with Gasteiger partial charge in [-0.05, 0) is 36.8 Å². The molecule has 1 fully saturated rings. The van der Waals surface area contributed by atoms with E-state index in [9.17, 15) is 12.8 Å². The second-order valence-electron chi connectivity index (χ2n) is 6.41. The standard InChI is InChI=1S/C19H25FN4O3S2.HI/c1-2-21-19(22-13-15-3-5-16(20)6-4-15)23-14-17-7-8-18(28-17)29(25,26)24-9-11-27-12-10-24;/h3-8H,2,9-14H2,1H3,(H2,21,22,23);1H. The fourth-order valence-corrected chi connectivity index (χ4v) is 5.64. The number of halogens is 2. The van der Waals surface area contributed by atoms with Gasteiger partial charge in [-0.3, -0.25) is 0 Å². The molecule has 1 aromatic carbocycles. The van der Waals surface area contributed by atoms with Crippen LogP contribution in [0.5, 0.6) is 0 Å². The summed E-state index contributed by atoms with van der Waals surface area (Å²) in [4.78, 5) is 5.39. The summed E-state index contributed by atoms with van der Waals surface area (Å²) >= 11 is 1.25. The van der Waals surface area contributed by atoms with Crippen LogP contribution in [0.3, 0.4) is 0 Å². The number of thiophene rings is 1. The molecule has 1 aliphatic rings. The summed E-state index contributed by atoms with van der Waals surface area (Å²) in [6.45, 7) is 5.15. The molecule has 30 heavy (non-hydrogen) atoms. The molecule has 0 bridgehead atoms. The third-order valence-corrected chi connectivity index (χ3v) is 7.76. The summed E-state index contributed by atoms with van der Waals surface area (Å²) in [5.74, 6) is 0.339. The molecule has 3 rings (SSSR count). The molecule has 0 radical (unpaired) electrons. The summed E-state index contributed by atoms with van der Waals surface area (Å²) < 4.78 is 45.5. The van der Waals surface area contributed by atoms with Crippen molar-refractivity contribution in [2.75, 3.05) is 32.8 Å². The quantitative estimate of drug-likeness (QED) is 0.305. The maximum atomic E-state index is 13.0. The smallest absolute Gasteiger partial charge is 0.252 e. The zero-order valence-corrected chi connectivity index (χ0v) is 20.6. The van der Waals surface area contributed by atoms with E-state index in [-0.39, 0.29) is 29.8 Å². The Balaban J connectivity index is 0.00000320. The first-order valence-corrected chi connectivity index (χ1v) is 11.7. The number of rotatable bonds is 7. The zero-order chi connectivity index (χ0) is 20.7. The van der Waals surface area contributed by atoms with Gasteiger partial charge in [0.2, 0.25) is 0 Å². The van der Waals surface area contributed by atoms with Gasteiger partial charge in [-0.15, -0.1) is 35.3 Å². The second kappa shape index (κ2) is 11.9. The number of morpholine rings is 1. The SMILES string of the molecule is CCNC(=NCc1ccc(F)cc1)NCc1ccc(S(=O)(=O)N2CCOCC2)s1.I. The fourth-order valence-electron chi connectivity index (χ4n) is 2.78. The Hall–Kier alpha value is -1.28. The molecule has 1 aromatic heterocycles. The van der Waals surface area contributed by atoms with Crippen LogP contribution < -0.4 is 10.6 Å². The van der Waals surface area contributed by atoms with E-state index in [1.54, 1.807) is 18.2 Å². The Kier molecular flexibility index (Phi) is 9.94. The van der Waals surface area contributed by atoms with Gasteiger partial charge in [0.05, 0.1) is 26.3 Å². The van der Waals surface area contributed by atoms with Gasteiger partial charge in [0.1, 0.15) is 10.0 Å². The number of sulfonamides is 1. The highest BCUT2D eigenvalue weighted by molar-refractivity contribution is 14.0. The molecule has 1 saturated heterocycles. The van der Waals surface area contributed by atoms with Crippen LogP contribution in [0.15, 0.2) is 45.6 Å². The van der Waals surface area contributed by atoms with Crippen molar-refractivity contribution in [1.29, 1.82) is 0 Å². The normalized spacial score (nSPS) is 15.5. The molecule has 2 aromatic rings. The number of nitrogens with one attached hydrogen (secondary N) is 2. The Bertz CT molecular complexity index is 930. The number of hydrogen-bond donors (Lipinski definition) is 2. The van der Waals surface area contributed by atoms with Gasteiger partial charge >= 0.3 is 0 Å². The van der Waals surface area contributed by atoms with E-state index < -0.39 is 10.0 Å².